The van der Waals surface area contributed by atoms with E-state index in [1.54, 1.807) is 6.07 Å². The lowest BCUT2D eigenvalue weighted by molar-refractivity contribution is 0.472. The van der Waals surface area contributed by atoms with Crippen LogP contribution in [0.2, 0.25) is 0 Å². The quantitative estimate of drug-likeness (QED) is 0.711. The Kier molecular flexibility index (Phi) is 3.87. The van der Waals surface area contributed by atoms with Gasteiger partial charge in [0.1, 0.15) is 17.3 Å². The number of halogens is 2. The normalized spacial score (nSPS) is 10.4. The lowest BCUT2D eigenvalue weighted by Crippen LogP contribution is -1.91. The molecule has 2 aromatic rings. The van der Waals surface area contributed by atoms with Crippen LogP contribution in [0.1, 0.15) is 16.7 Å². The average molecular weight is 265 g/mol. The molecule has 0 bridgehead atoms. The van der Waals surface area contributed by atoms with E-state index >= 15 is 0 Å². The Balaban J connectivity index is 2.28. The molecule has 0 saturated carbocycles. The molecule has 0 N–H and O–H groups in total. The molecule has 0 aromatic heterocycles. The van der Waals surface area contributed by atoms with Gasteiger partial charge < -0.3 is 4.74 Å². The predicted octanol–water partition coefficient (Wildman–Crippen LogP) is 4.97. The first-order chi connectivity index (χ1) is 8.60. The van der Waals surface area contributed by atoms with E-state index < -0.39 is 0 Å². The van der Waals surface area contributed by atoms with Crippen molar-refractivity contribution >= 4 is 11.6 Å². The van der Waals surface area contributed by atoms with Gasteiger partial charge >= 0.3 is 0 Å². The number of ether oxygens (including phenoxy) is 1. The second kappa shape index (κ2) is 5.40. The highest BCUT2D eigenvalue weighted by Crippen LogP contribution is 2.27. The third kappa shape index (κ3) is 2.82. The van der Waals surface area contributed by atoms with Crippen LogP contribution in [-0.4, -0.2) is 0 Å². The van der Waals surface area contributed by atoms with Crippen LogP contribution in [0.5, 0.6) is 11.5 Å². The van der Waals surface area contributed by atoms with Crippen LogP contribution in [0.4, 0.5) is 4.39 Å². The van der Waals surface area contributed by atoms with Crippen molar-refractivity contribution in [2.75, 3.05) is 0 Å². The molecular weight excluding hydrogens is 251 g/mol. The number of hydrogen-bond donors (Lipinski definition) is 0. The van der Waals surface area contributed by atoms with Crippen LogP contribution in [0.25, 0.3) is 0 Å². The summed E-state index contributed by atoms with van der Waals surface area (Å²) in [4.78, 5) is 0. The van der Waals surface area contributed by atoms with Gasteiger partial charge in [0.05, 0.1) is 0 Å². The highest BCUT2D eigenvalue weighted by Gasteiger charge is 2.05. The summed E-state index contributed by atoms with van der Waals surface area (Å²) in [5.41, 5.74) is 3.03. The lowest BCUT2D eigenvalue weighted by atomic mass is 10.1. The molecule has 2 rings (SSSR count). The van der Waals surface area contributed by atoms with Gasteiger partial charge in [-0.3, -0.25) is 0 Å². The second-order valence-electron chi connectivity index (χ2n) is 4.23. The van der Waals surface area contributed by atoms with E-state index in [2.05, 4.69) is 0 Å². The highest BCUT2D eigenvalue weighted by atomic mass is 35.5. The van der Waals surface area contributed by atoms with Crippen LogP contribution in [0.3, 0.4) is 0 Å². The smallest absolute Gasteiger partial charge is 0.133 e. The van der Waals surface area contributed by atoms with Gasteiger partial charge in [-0.1, -0.05) is 12.1 Å². The minimum absolute atomic E-state index is 0.301. The maximum Gasteiger partial charge on any atom is 0.133 e. The summed E-state index contributed by atoms with van der Waals surface area (Å²) in [6.45, 7) is 3.86. The Labute approximate surface area is 111 Å². The van der Waals surface area contributed by atoms with Gasteiger partial charge in [-0.05, 0) is 48.7 Å². The fraction of sp³-hybridized carbons (Fsp3) is 0.200. The third-order valence-corrected chi connectivity index (χ3v) is 3.12. The van der Waals surface area contributed by atoms with Crippen LogP contribution in [0.15, 0.2) is 36.4 Å². The van der Waals surface area contributed by atoms with Crippen LogP contribution >= 0.6 is 11.6 Å². The maximum absolute atomic E-state index is 13.2. The first-order valence-corrected chi connectivity index (χ1v) is 6.23. The molecule has 0 heterocycles. The summed E-state index contributed by atoms with van der Waals surface area (Å²) < 4.78 is 18.8. The summed E-state index contributed by atoms with van der Waals surface area (Å²) in [5, 5.41) is 0. The zero-order valence-electron chi connectivity index (χ0n) is 10.3. The summed E-state index contributed by atoms with van der Waals surface area (Å²) in [6.07, 6.45) is 0. The van der Waals surface area contributed by atoms with Gasteiger partial charge in [-0.15, -0.1) is 11.6 Å². The van der Waals surface area contributed by atoms with Crippen molar-refractivity contribution in [3.8, 4) is 11.5 Å². The Morgan fingerprint density at radius 1 is 1.06 bits per heavy atom. The molecule has 94 valence electrons. The molecule has 0 fully saturated rings. The Morgan fingerprint density at radius 2 is 1.83 bits per heavy atom. The van der Waals surface area contributed by atoms with Crippen molar-refractivity contribution in [2.45, 2.75) is 19.7 Å². The zero-order valence-corrected chi connectivity index (χ0v) is 11.1. The lowest BCUT2D eigenvalue weighted by Gasteiger charge is -2.10. The highest BCUT2D eigenvalue weighted by molar-refractivity contribution is 6.17. The molecule has 1 nitrogen and oxygen atoms in total. The Morgan fingerprint density at radius 3 is 2.50 bits per heavy atom. The number of hydrogen-bond acceptors (Lipinski definition) is 1. The zero-order chi connectivity index (χ0) is 13.1. The molecule has 0 spiro atoms. The van der Waals surface area contributed by atoms with Crippen molar-refractivity contribution in [2.24, 2.45) is 0 Å². The van der Waals surface area contributed by atoms with Crippen LogP contribution in [-0.2, 0) is 5.88 Å². The summed E-state index contributed by atoms with van der Waals surface area (Å²) in [5.74, 6) is 1.40. The van der Waals surface area contributed by atoms with Crippen molar-refractivity contribution in [1.29, 1.82) is 0 Å². The van der Waals surface area contributed by atoms with E-state index in [1.807, 2.05) is 32.0 Å². The number of alkyl halides is 1. The predicted molar refractivity (Wildman–Crippen MR) is 71.9 cm³/mol. The average Bonchev–Trinajstić information content (AvgIpc) is 2.34. The largest absolute Gasteiger partial charge is 0.457 e. The topological polar surface area (TPSA) is 9.23 Å². The summed E-state index contributed by atoms with van der Waals surface area (Å²) in [7, 11) is 0. The van der Waals surface area contributed by atoms with Gasteiger partial charge in [0, 0.05) is 11.9 Å². The molecule has 18 heavy (non-hydrogen) atoms. The van der Waals surface area contributed by atoms with E-state index in [0.717, 1.165) is 16.7 Å². The second-order valence-corrected chi connectivity index (χ2v) is 4.50. The molecule has 0 aliphatic heterocycles. The molecule has 3 heteroatoms. The first kappa shape index (κ1) is 12.9. The fourth-order valence-corrected chi connectivity index (χ4v) is 1.99. The minimum atomic E-state index is -0.301. The number of aryl methyl sites for hydroxylation is 2. The molecule has 2 aromatic carbocycles. The molecule has 0 amide bonds. The molecule has 0 radical (unpaired) electrons. The van der Waals surface area contributed by atoms with Crippen molar-refractivity contribution < 1.29 is 9.13 Å². The fourth-order valence-electron chi connectivity index (χ4n) is 1.69. The van der Waals surface area contributed by atoms with Crippen LogP contribution < -0.4 is 4.74 Å². The molecule has 0 unspecified atom stereocenters. The molecule has 0 atom stereocenters. The van der Waals surface area contributed by atoms with Crippen molar-refractivity contribution in [3.63, 3.8) is 0 Å². The minimum Gasteiger partial charge on any atom is -0.457 e. The van der Waals surface area contributed by atoms with Gasteiger partial charge in [-0.2, -0.15) is 0 Å². The molecule has 0 aliphatic carbocycles. The van der Waals surface area contributed by atoms with E-state index in [9.17, 15) is 4.39 Å². The van der Waals surface area contributed by atoms with Crippen molar-refractivity contribution in [3.05, 3.63) is 58.9 Å². The van der Waals surface area contributed by atoms with Crippen molar-refractivity contribution in [1.82, 2.24) is 0 Å². The maximum atomic E-state index is 13.2. The Hall–Kier alpha value is -1.54. The van der Waals surface area contributed by atoms with Crippen LogP contribution in [0, 0.1) is 19.7 Å². The van der Waals surface area contributed by atoms with Gasteiger partial charge in [-0.25, -0.2) is 4.39 Å². The molecule has 0 aliphatic rings. The summed E-state index contributed by atoms with van der Waals surface area (Å²) in [6, 6.07) is 10.2. The molecular formula is C15H14ClFO. The first-order valence-electron chi connectivity index (χ1n) is 5.69. The third-order valence-electron chi connectivity index (χ3n) is 2.84. The monoisotopic (exact) mass is 264 g/mol. The Bertz CT molecular complexity index is 566. The van der Waals surface area contributed by atoms with Gasteiger partial charge in [0.25, 0.3) is 0 Å². The van der Waals surface area contributed by atoms with E-state index in [0.29, 0.717) is 17.4 Å². The van der Waals surface area contributed by atoms with Gasteiger partial charge in [0.2, 0.25) is 0 Å². The molecule has 0 saturated heterocycles. The number of rotatable bonds is 3. The van der Waals surface area contributed by atoms with Gasteiger partial charge in [0.15, 0.2) is 0 Å². The van der Waals surface area contributed by atoms with E-state index in [-0.39, 0.29) is 5.82 Å². The SMILES string of the molecule is Cc1cc(Oc2cc(F)ccc2C)ccc1CCl. The number of benzene rings is 2. The summed E-state index contributed by atoms with van der Waals surface area (Å²) >= 11 is 5.80. The van der Waals surface area contributed by atoms with E-state index in [1.165, 1.54) is 12.1 Å². The standard InChI is InChI=1S/C15H14ClFO/c1-10-3-5-13(17)8-15(10)18-14-6-4-12(9-16)11(2)7-14/h3-8H,9H2,1-2H3. The van der Waals surface area contributed by atoms with E-state index in [4.69, 9.17) is 16.3 Å².